The number of pyridine rings is 1. The largest absolute Gasteiger partial charge is 0.478 e. The topological polar surface area (TPSA) is 50.2 Å². The van der Waals surface area contributed by atoms with Crippen molar-refractivity contribution in [2.24, 2.45) is 5.92 Å². The van der Waals surface area contributed by atoms with Gasteiger partial charge >= 0.3 is 5.97 Å². The van der Waals surface area contributed by atoms with E-state index >= 15 is 0 Å². The zero-order valence-electron chi connectivity index (χ0n) is 15.3. The minimum absolute atomic E-state index is 0.209. The number of nitrogens with zero attached hydrogens (tertiary/aromatic N) is 1. The molecular formula is C22H26FNO2. The molecule has 4 heteroatoms. The van der Waals surface area contributed by atoms with E-state index < -0.39 is 5.97 Å². The fraction of sp³-hybridized carbons (Fsp3) is 0.455. The number of hydrogen-bond donors (Lipinski definition) is 1. The lowest BCUT2D eigenvalue weighted by Crippen LogP contribution is -2.10. The van der Waals surface area contributed by atoms with Crippen molar-refractivity contribution in [1.29, 1.82) is 0 Å². The van der Waals surface area contributed by atoms with Crippen molar-refractivity contribution in [1.82, 2.24) is 4.98 Å². The first-order chi connectivity index (χ1) is 12.6. The molecule has 2 aromatic rings. The highest BCUT2D eigenvalue weighted by molar-refractivity contribution is 5.91. The van der Waals surface area contributed by atoms with Crippen molar-refractivity contribution in [3.8, 4) is 11.1 Å². The van der Waals surface area contributed by atoms with Crippen LogP contribution in [0, 0.1) is 11.7 Å². The van der Waals surface area contributed by atoms with E-state index in [2.05, 4.69) is 6.92 Å². The summed E-state index contributed by atoms with van der Waals surface area (Å²) in [6, 6.07) is 8.12. The summed E-state index contributed by atoms with van der Waals surface area (Å²) >= 11 is 0. The number of aromatic carboxylic acids is 1. The Labute approximate surface area is 154 Å². The molecule has 1 aliphatic rings. The lowest BCUT2D eigenvalue weighted by atomic mass is 9.94. The summed E-state index contributed by atoms with van der Waals surface area (Å²) in [6.45, 7) is 2.05. The third-order valence-electron chi connectivity index (χ3n) is 5.33. The number of hydrogen-bond acceptors (Lipinski definition) is 2. The lowest BCUT2D eigenvalue weighted by molar-refractivity contribution is 0.0695. The number of benzene rings is 1. The van der Waals surface area contributed by atoms with Crippen LogP contribution in [0.4, 0.5) is 4.39 Å². The number of aromatic nitrogens is 1. The first-order valence-electron chi connectivity index (χ1n) is 9.61. The van der Waals surface area contributed by atoms with Crippen molar-refractivity contribution < 1.29 is 14.3 Å². The second-order valence-electron chi connectivity index (χ2n) is 7.20. The zero-order chi connectivity index (χ0) is 18.5. The molecular weight excluding hydrogens is 329 g/mol. The number of carboxylic acids is 1. The van der Waals surface area contributed by atoms with E-state index in [9.17, 15) is 14.3 Å². The Hall–Kier alpha value is -2.23. The molecule has 1 aromatic heterocycles. The van der Waals surface area contributed by atoms with E-state index in [0.717, 1.165) is 18.5 Å². The van der Waals surface area contributed by atoms with Gasteiger partial charge in [-0.1, -0.05) is 57.2 Å². The molecule has 1 aliphatic carbocycles. The summed E-state index contributed by atoms with van der Waals surface area (Å²) < 4.78 is 14.3. The molecule has 0 saturated heterocycles. The second-order valence-corrected chi connectivity index (χ2v) is 7.20. The smallest absolute Gasteiger partial charge is 0.337 e. The Morgan fingerprint density at radius 3 is 2.54 bits per heavy atom. The molecule has 0 unspecified atom stereocenters. The molecule has 1 saturated carbocycles. The van der Waals surface area contributed by atoms with Crippen LogP contribution in [-0.4, -0.2) is 16.1 Å². The Kier molecular flexibility index (Phi) is 6.02. The van der Waals surface area contributed by atoms with Gasteiger partial charge in [0.15, 0.2) is 0 Å². The van der Waals surface area contributed by atoms with Gasteiger partial charge in [-0.25, -0.2) is 9.18 Å². The third kappa shape index (κ3) is 4.12. The van der Waals surface area contributed by atoms with E-state index in [0.29, 0.717) is 35.6 Å². The maximum atomic E-state index is 14.3. The van der Waals surface area contributed by atoms with E-state index in [1.165, 1.54) is 31.7 Å². The molecule has 0 bridgehead atoms. The minimum Gasteiger partial charge on any atom is -0.478 e. The van der Waals surface area contributed by atoms with Crippen molar-refractivity contribution in [2.75, 3.05) is 0 Å². The minimum atomic E-state index is -0.987. The van der Waals surface area contributed by atoms with Crippen molar-refractivity contribution in [2.45, 2.75) is 58.3 Å². The van der Waals surface area contributed by atoms with Gasteiger partial charge in [-0.15, -0.1) is 0 Å². The molecule has 138 valence electrons. The summed E-state index contributed by atoms with van der Waals surface area (Å²) in [6.07, 6.45) is 8.27. The van der Waals surface area contributed by atoms with Gasteiger partial charge in [0.05, 0.1) is 11.3 Å². The van der Waals surface area contributed by atoms with Crippen LogP contribution in [0.25, 0.3) is 11.1 Å². The van der Waals surface area contributed by atoms with Crippen LogP contribution in [0.2, 0.25) is 0 Å². The number of aryl methyl sites for hydroxylation is 2. The Balaban J connectivity index is 2.00. The molecule has 1 heterocycles. The first-order valence-corrected chi connectivity index (χ1v) is 9.61. The first kappa shape index (κ1) is 18.6. The van der Waals surface area contributed by atoms with Gasteiger partial charge in [-0.05, 0) is 37.3 Å². The predicted octanol–water partition coefficient (Wildman–Crippen LogP) is 5.66. The molecule has 0 aliphatic heterocycles. The molecule has 26 heavy (non-hydrogen) atoms. The molecule has 3 nitrogen and oxygen atoms in total. The number of halogens is 1. The average molecular weight is 355 g/mol. The molecule has 0 radical (unpaired) electrons. The fourth-order valence-electron chi connectivity index (χ4n) is 3.95. The van der Waals surface area contributed by atoms with E-state index in [-0.39, 0.29) is 11.4 Å². The van der Waals surface area contributed by atoms with E-state index in [4.69, 9.17) is 4.98 Å². The van der Waals surface area contributed by atoms with Crippen LogP contribution in [-0.2, 0) is 12.8 Å². The molecule has 0 spiro atoms. The van der Waals surface area contributed by atoms with Crippen molar-refractivity contribution in [3.63, 3.8) is 0 Å². The van der Waals surface area contributed by atoms with Gasteiger partial charge in [-0.3, -0.25) is 4.98 Å². The van der Waals surface area contributed by atoms with E-state index in [1.54, 1.807) is 24.3 Å². The lowest BCUT2D eigenvalue weighted by Gasteiger charge is -2.15. The van der Waals surface area contributed by atoms with Gasteiger partial charge in [0.25, 0.3) is 0 Å². The number of rotatable bonds is 7. The molecule has 0 atom stereocenters. The van der Waals surface area contributed by atoms with Crippen molar-refractivity contribution >= 4 is 5.97 Å². The van der Waals surface area contributed by atoms with Gasteiger partial charge in [0.1, 0.15) is 5.82 Å². The van der Waals surface area contributed by atoms with Gasteiger partial charge < -0.3 is 5.11 Å². The van der Waals surface area contributed by atoms with Gasteiger partial charge in [0.2, 0.25) is 0 Å². The van der Waals surface area contributed by atoms with Crippen LogP contribution in [0.3, 0.4) is 0 Å². The number of carboxylic acid groups (broad SMARTS) is 1. The Bertz CT molecular complexity index is 782. The molecule has 1 N–H and O–H groups in total. The highest BCUT2D eigenvalue weighted by Gasteiger charge is 2.21. The summed E-state index contributed by atoms with van der Waals surface area (Å²) in [5, 5.41) is 9.69. The van der Waals surface area contributed by atoms with E-state index in [1.807, 2.05) is 0 Å². The standard InChI is InChI=1S/C22H26FNO2/c1-2-7-20-17(16-10-5-6-11-19(16)23)14-18(22(25)26)21(24-20)13-12-15-8-3-4-9-15/h5-6,10-11,14-15H,2-4,7-9,12-13H2,1H3,(H,25,26). The molecule has 0 amide bonds. The summed E-state index contributed by atoms with van der Waals surface area (Å²) in [5.74, 6) is -0.652. The summed E-state index contributed by atoms with van der Waals surface area (Å²) in [5.41, 5.74) is 2.68. The Morgan fingerprint density at radius 1 is 1.15 bits per heavy atom. The van der Waals surface area contributed by atoms with Crippen LogP contribution in [0.5, 0.6) is 0 Å². The summed E-state index contributed by atoms with van der Waals surface area (Å²) in [7, 11) is 0. The predicted molar refractivity (Wildman–Crippen MR) is 101 cm³/mol. The van der Waals surface area contributed by atoms with Crippen LogP contribution < -0.4 is 0 Å². The van der Waals surface area contributed by atoms with Crippen LogP contribution in [0.15, 0.2) is 30.3 Å². The highest BCUT2D eigenvalue weighted by Crippen LogP contribution is 2.31. The fourth-order valence-corrected chi connectivity index (χ4v) is 3.95. The average Bonchev–Trinajstić information content (AvgIpc) is 3.14. The second kappa shape index (κ2) is 8.43. The summed E-state index contributed by atoms with van der Waals surface area (Å²) in [4.78, 5) is 16.5. The molecule has 1 fully saturated rings. The number of carbonyl (C=O) groups is 1. The van der Waals surface area contributed by atoms with Crippen LogP contribution >= 0.6 is 0 Å². The quantitative estimate of drug-likeness (QED) is 0.697. The SMILES string of the molecule is CCCc1nc(CCC2CCCC2)c(C(=O)O)cc1-c1ccccc1F. The molecule has 3 rings (SSSR count). The third-order valence-corrected chi connectivity index (χ3v) is 5.33. The monoisotopic (exact) mass is 355 g/mol. The Morgan fingerprint density at radius 2 is 1.88 bits per heavy atom. The highest BCUT2D eigenvalue weighted by atomic mass is 19.1. The van der Waals surface area contributed by atoms with Gasteiger partial charge in [-0.2, -0.15) is 0 Å². The normalized spacial score (nSPS) is 14.7. The maximum absolute atomic E-state index is 14.3. The van der Waals surface area contributed by atoms with Crippen LogP contribution in [0.1, 0.15) is 67.2 Å². The maximum Gasteiger partial charge on any atom is 0.337 e. The zero-order valence-corrected chi connectivity index (χ0v) is 15.3. The molecule has 1 aromatic carbocycles. The van der Waals surface area contributed by atoms with Crippen molar-refractivity contribution in [3.05, 3.63) is 53.1 Å². The van der Waals surface area contributed by atoms with Gasteiger partial charge in [0, 0.05) is 16.8 Å².